The highest BCUT2D eigenvalue weighted by Crippen LogP contribution is 2.19. The summed E-state index contributed by atoms with van der Waals surface area (Å²) in [5, 5.41) is 5.80. The Labute approximate surface area is 176 Å². The van der Waals surface area contributed by atoms with E-state index in [1.807, 2.05) is 18.7 Å². The average Bonchev–Trinajstić information content (AvgIpc) is 2.73. The van der Waals surface area contributed by atoms with Crippen LogP contribution in [-0.2, 0) is 11.4 Å². The predicted octanol–water partition coefficient (Wildman–Crippen LogP) is 4.17. The summed E-state index contributed by atoms with van der Waals surface area (Å²) in [4.78, 5) is 26.3. The molecule has 3 amide bonds. The maximum atomic E-state index is 13.0. The predicted molar refractivity (Wildman–Crippen MR) is 114 cm³/mol. The lowest BCUT2D eigenvalue weighted by molar-refractivity contribution is -0.135. The van der Waals surface area contributed by atoms with Gasteiger partial charge in [-0.2, -0.15) is 0 Å². The van der Waals surface area contributed by atoms with Crippen molar-refractivity contribution in [2.24, 2.45) is 5.92 Å². The quantitative estimate of drug-likeness (QED) is 0.747. The van der Waals surface area contributed by atoms with Crippen molar-refractivity contribution in [1.82, 2.24) is 10.2 Å². The summed E-state index contributed by atoms with van der Waals surface area (Å²) in [5.74, 6) is 0.483. The van der Waals surface area contributed by atoms with Crippen LogP contribution in [0.1, 0.15) is 32.3 Å². The minimum Gasteiger partial charge on any atom is -0.489 e. The van der Waals surface area contributed by atoms with E-state index in [2.05, 4.69) is 10.6 Å². The molecule has 1 saturated heterocycles. The number of amides is 3. The number of carbonyl (C=O) groups excluding carboxylic acids is 2. The van der Waals surface area contributed by atoms with Gasteiger partial charge in [-0.25, -0.2) is 9.18 Å². The number of nitrogens with one attached hydrogen (secondary N) is 2. The minimum absolute atomic E-state index is 0.00430. The molecule has 2 N–H and O–H groups in total. The number of nitrogens with zero attached hydrogens (tertiary/aromatic N) is 1. The highest BCUT2D eigenvalue weighted by atomic mass is 19.1. The molecule has 1 aliphatic rings. The normalized spacial score (nSPS) is 14.5. The van der Waals surface area contributed by atoms with E-state index in [1.165, 1.54) is 12.1 Å². The van der Waals surface area contributed by atoms with Gasteiger partial charge in [0.2, 0.25) is 5.91 Å². The van der Waals surface area contributed by atoms with Crippen LogP contribution >= 0.6 is 0 Å². The van der Waals surface area contributed by atoms with Crippen molar-refractivity contribution in [3.8, 4) is 5.75 Å². The molecular formula is C23H28FN3O3. The Hall–Kier alpha value is -3.09. The van der Waals surface area contributed by atoms with Gasteiger partial charge in [0.25, 0.3) is 0 Å². The van der Waals surface area contributed by atoms with E-state index in [9.17, 15) is 14.0 Å². The Kier molecular flexibility index (Phi) is 7.27. The molecule has 0 unspecified atom stereocenters. The molecule has 2 aromatic carbocycles. The standard InChI is InChI=1S/C23H28FN3O3/c1-16(2)22(28)27-12-10-19(11-13-27)25-23(29)26-20-4-3-5-21(14-20)30-15-17-6-8-18(24)9-7-17/h3-9,14,16,19H,10-13,15H2,1-2H3,(H2,25,26,29). The van der Waals surface area contributed by atoms with Crippen molar-refractivity contribution in [1.29, 1.82) is 0 Å². The summed E-state index contributed by atoms with van der Waals surface area (Å²) >= 11 is 0. The number of piperidine rings is 1. The van der Waals surface area contributed by atoms with Gasteiger partial charge in [0.1, 0.15) is 18.2 Å². The number of anilines is 1. The molecule has 0 saturated carbocycles. The number of halogens is 1. The highest BCUT2D eigenvalue weighted by Gasteiger charge is 2.25. The molecule has 0 radical (unpaired) electrons. The van der Waals surface area contributed by atoms with Gasteiger partial charge in [-0.3, -0.25) is 4.79 Å². The largest absolute Gasteiger partial charge is 0.489 e. The Bertz CT molecular complexity index is 862. The van der Waals surface area contributed by atoms with Crippen LogP contribution in [0.2, 0.25) is 0 Å². The molecule has 0 spiro atoms. The maximum absolute atomic E-state index is 13.0. The molecular weight excluding hydrogens is 385 g/mol. The van der Waals surface area contributed by atoms with Gasteiger partial charge < -0.3 is 20.3 Å². The lowest BCUT2D eigenvalue weighted by Gasteiger charge is -2.33. The number of benzene rings is 2. The number of carbonyl (C=O) groups is 2. The van der Waals surface area contributed by atoms with E-state index in [1.54, 1.807) is 36.4 Å². The summed E-state index contributed by atoms with van der Waals surface area (Å²) in [6.07, 6.45) is 1.49. The molecule has 0 aliphatic carbocycles. The SMILES string of the molecule is CC(C)C(=O)N1CCC(NC(=O)Nc2cccc(OCc3ccc(F)cc3)c2)CC1. The lowest BCUT2D eigenvalue weighted by Crippen LogP contribution is -2.48. The second kappa shape index (κ2) is 10.1. The first-order chi connectivity index (χ1) is 14.4. The Morgan fingerprint density at radius 3 is 2.50 bits per heavy atom. The second-order valence-electron chi connectivity index (χ2n) is 7.80. The van der Waals surface area contributed by atoms with E-state index in [0.717, 1.165) is 18.4 Å². The molecule has 0 bridgehead atoms. The summed E-state index contributed by atoms with van der Waals surface area (Å²) < 4.78 is 18.7. The van der Waals surface area contributed by atoms with Crippen molar-refractivity contribution in [3.05, 3.63) is 59.9 Å². The summed E-state index contributed by atoms with van der Waals surface area (Å²) in [7, 11) is 0. The molecule has 2 aromatic rings. The van der Waals surface area contributed by atoms with Crippen LogP contribution in [0.15, 0.2) is 48.5 Å². The lowest BCUT2D eigenvalue weighted by atomic mass is 10.0. The Morgan fingerprint density at radius 1 is 1.13 bits per heavy atom. The van der Waals surface area contributed by atoms with E-state index in [0.29, 0.717) is 31.1 Å². The molecule has 30 heavy (non-hydrogen) atoms. The smallest absolute Gasteiger partial charge is 0.319 e. The van der Waals surface area contributed by atoms with Crippen LogP contribution < -0.4 is 15.4 Å². The third-order valence-corrected chi connectivity index (χ3v) is 5.05. The Morgan fingerprint density at radius 2 is 1.83 bits per heavy atom. The van der Waals surface area contributed by atoms with E-state index in [-0.39, 0.29) is 29.7 Å². The molecule has 1 heterocycles. The van der Waals surface area contributed by atoms with Gasteiger partial charge in [0, 0.05) is 36.8 Å². The zero-order chi connectivity index (χ0) is 21.5. The van der Waals surface area contributed by atoms with Gasteiger partial charge >= 0.3 is 6.03 Å². The van der Waals surface area contributed by atoms with Crippen molar-refractivity contribution in [2.75, 3.05) is 18.4 Å². The summed E-state index contributed by atoms with van der Waals surface area (Å²) in [6.45, 7) is 5.43. The molecule has 1 fully saturated rings. The maximum Gasteiger partial charge on any atom is 0.319 e. The van der Waals surface area contributed by atoms with Gasteiger partial charge in [-0.15, -0.1) is 0 Å². The molecule has 7 heteroatoms. The van der Waals surface area contributed by atoms with Crippen LogP contribution in [0.3, 0.4) is 0 Å². The number of hydrogen-bond acceptors (Lipinski definition) is 3. The van der Waals surface area contributed by atoms with Crippen LogP contribution in [0.4, 0.5) is 14.9 Å². The number of ether oxygens (including phenoxy) is 1. The molecule has 160 valence electrons. The monoisotopic (exact) mass is 413 g/mol. The minimum atomic E-state index is -0.284. The van der Waals surface area contributed by atoms with Gasteiger partial charge in [0.05, 0.1) is 0 Å². The average molecular weight is 413 g/mol. The number of rotatable bonds is 6. The molecule has 0 aromatic heterocycles. The van der Waals surface area contributed by atoms with Crippen LogP contribution in [0, 0.1) is 11.7 Å². The van der Waals surface area contributed by atoms with Gasteiger partial charge in [-0.05, 0) is 42.7 Å². The van der Waals surface area contributed by atoms with Crippen molar-refractivity contribution in [3.63, 3.8) is 0 Å². The highest BCUT2D eigenvalue weighted by molar-refractivity contribution is 5.89. The van der Waals surface area contributed by atoms with E-state index in [4.69, 9.17) is 4.74 Å². The molecule has 6 nitrogen and oxygen atoms in total. The zero-order valence-electron chi connectivity index (χ0n) is 17.4. The Balaban J connectivity index is 1.46. The topological polar surface area (TPSA) is 70.7 Å². The van der Waals surface area contributed by atoms with Gasteiger partial charge in [0.15, 0.2) is 0 Å². The fourth-order valence-corrected chi connectivity index (χ4v) is 3.37. The fraction of sp³-hybridized carbons (Fsp3) is 0.391. The number of urea groups is 1. The zero-order valence-corrected chi connectivity index (χ0v) is 17.4. The molecule has 1 aliphatic heterocycles. The van der Waals surface area contributed by atoms with Crippen LogP contribution in [0.25, 0.3) is 0 Å². The number of likely N-dealkylation sites (tertiary alicyclic amines) is 1. The van der Waals surface area contributed by atoms with Gasteiger partial charge in [-0.1, -0.05) is 32.0 Å². The first-order valence-electron chi connectivity index (χ1n) is 10.2. The fourth-order valence-electron chi connectivity index (χ4n) is 3.37. The first kappa shape index (κ1) is 21.6. The first-order valence-corrected chi connectivity index (χ1v) is 10.2. The van der Waals surface area contributed by atoms with Crippen LogP contribution in [-0.4, -0.2) is 36.0 Å². The van der Waals surface area contributed by atoms with Crippen LogP contribution in [0.5, 0.6) is 5.75 Å². The molecule has 3 rings (SSSR count). The van der Waals surface area contributed by atoms with Crippen molar-refractivity contribution < 1.29 is 18.7 Å². The summed E-state index contributed by atoms with van der Waals surface area (Å²) in [5.41, 5.74) is 1.48. The third kappa shape index (κ3) is 6.20. The second-order valence-corrected chi connectivity index (χ2v) is 7.80. The number of hydrogen-bond donors (Lipinski definition) is 2. The van der Waals surface area contributed by atoms with E-state index < -0.39 is 0 Å². The summed E-state index contributed by atoms with van der Waals surface area (Å²) in [6, 6.07) is 13.0. The van der Waals surface area contributed by atoms with Crippen molar-refractivity contribution >= 4 is 17.6 Å². The van der Waals surface area contributed by atoms with Crippen molar-refractivity contribution in [2.45, 2.75) is 39.3 Å². The molecule has 0 atom stereocenters. The third-order valence-electron chi connectivity index (χ3n) is 5.05. The van der Waals surface area contributed by atoms with E-state index >= 15 is 0 Å².